The SMILES string of the molecule is CCCCN(C)c1cc(C(=O)NCCc2ccccc2)ncn1. The third-order valence-electron chi connectivity index (χ3n) is 3.67. The van der Waals surface area contributed by atoms with Crippen molar-refractivity contribution in [1.29, 1.82) is 0 Å². The topological polar surface area (TPSA) is 58.1 Å². The van der Waals surface area contributed by atoms with Crippen molar-refractivity contribution >= 4 is 11.7 Å². The number of amides is 1. The Bertz CT molecular complexity index is 615. The molecule has 0 aliphatic heterocycles. The molecule has 0 fully saturated rings. The minimum absolute atomic E-state index is 0.159. The van der Waals surface area contributed by atoms with Crippen LogP contribution < -0.4 is 10.2 Å². The van der Waals surface area contributed by atoms with E-state index in [1.54, 1.807) is 6.07 Å². The second-order valence-electron chi connectivity index (χ2n) is 5.53. The monoisotopic (exact) mass is 312 g/mol. The molecule has 0 unspecified atom stereocenters. The predicted octanol–water partition coefficient (Wildman–Crippen LogP) is 2.69. The van der Waals surface area contributed by atoms with Gasteiger partial charge in [0.25, 0.3) is 5.91 Å². The second kappa shape index (κ2) is 8.88. The van der Waals surface area contributed by atoms with Crippen molar-refractivity contribution in [2.75, 3.05) is 25.0 Å². The Labute approximate surface area is 137 Å². The van der Waals surface area contributed by atoms with E-state index in [4.69, 9.17) is 0 Å². The van der Waals surface area contributed by atoms with Crippen LogP contribution in [0.5, 0.6) is 0 Å². The average molecular weight is 312 g/mol. The van der Waals surface area contributed by atoms with Gasteiger partial charge in [0.05, 0.1) is 0 Å². The van der Waals surface area contributed by atoms with Crippen molar-refractivity contribution in [1.82, 2.24) is 15.3 Å². The Morgan fingerprint density at radius 1 is 1.22 bits per heavy atom. The first-order valence-corrected chi connectivity index (χ1v) is 8.06. The van der Waals surface area contributed by atoms with E-state index >= 15 is 0 Å². The molecule has 5 heteroatoms. The molecule has 1 aromatic heterocycles. The zero-order chi connectivity index (χ0) is 16.5. The van der Waals surface area contributed by atoms with Crippen LogP contribution in [-0.2, 0) is 6.42 Å². The molecule has 0 bridgehead atoms. The highest BCUT2D eigenvalue weighted by molar-refractivity contribution is 5.92. The maximum absolute atomic E-state index is 12.2. The molecule has 0 saturated heterocycles. The van der Waals surface area contributed by atoms with Gasteiger partial charge in [-0.15, -0.1) is 0 Å². The summed E-state index contributed by atoms with van der Waals surface area (Å²) in [4.78, 5) is 22.6. The summed E-state index contributed by atoms with van der Waals surface area (Å²) in [6.45, 7) is 3.66. The lowest BCUT2D eigenvalue weighted by molar-refractivity contribution is 0.0949. The Morgan fingerprint density at radius 2 is 2.00 bits per heavy atom. The summed E-state index contributed by atoms with van der Waals surface area (Å²) in [5, 5.41) is 2.91. The minimum Gasteiger partial charge on any atom is -0.360 e. The van der Waals surface area contributed by atoms with Gasteiger partial charge in [-0.05, 0) is 18.4 Å². The highest BCUT2D eigenvalue weighted by Gasteiger charge is 2.10. The number of hydrogen-bond donors (Lipinski definition) is 1. The Kier molecular flexibility index (Phi) is 6.54. The molecule has 23 heavy (non-hydrogen) atoms. The van der Waals surface area contributed by atoms with Gasteiger partial charge < -0.3 is 10.2 Å². The van der Waals surface area contributed by atoms with Crippen LogP contribution in [0.15, 0.2) is 42.7 Å². The van der Waals surface area contributed by atoms with Crippen molar-refractivity contribution < 1.29 is 4.79 Å². The lowest BCUT2D eigenvalue weighted by Gasteiger charge is -2.17. The van der Waals surface area contributed by atoms with Crippen LogP contribution in [0, 0.1) is 0 Å². The fourth-order valence-electron chi connectivity index (χ4n) is 2.25. The predicted molar refractivity (Wildman–Crippen MR) is 92.7 cm³/mol. The van der Waals surface area contributed by atoms with Crippen LogP contribution in [0.25, 0.3) is 0 Å². The van der Waals surface area contributed by atoms with Gasteiger partial charge in [-0.3, -0.25) is 4.79 Å². The van der Waals surface area contributed by atoms with Gasteiger partial charge in [-0.2, -0.15) is 0 Å². The summed E-state index contributed by atoms with van der Waals surface area (Å²) in [5.41, 5.74) is 1.61. The zero-order valence-electron chi connectivity index (χ0n) is 13.8. The summed E-state index contributed by atoms with van der Waals surface area (Å²) in [7, 11) is 1.98. The number of unbranched alkanes of at least 4 members (excludes halogenated alkanes) is 1. The van der Waals surface area contributed by atoms with Gasteiger partial charge in [0.2, 0.25) is 0 Å². The third kappa shape index (κ3) is 5.36. The van der Waals surface area contributed by atoms with Crippen molar-refractivity contribution in [2.24, 2.45) is 0 Å². The molecule has 0 atom stereocenters. The Morgan fingerprint density at radius 3 is 2.74 bits per heavy atom. The smallest absolute Gasteiger partial charge is 0.270 e. The fraction of sp³-hybridized carbons (Fsp3) is 0.389. The number of carbonyl (C=O) groups excluding carboxylic acids is 1. The summed E-state index contributed by atoms with van der Waals surface area (Å²) >= 11 is 0. The second-order valence-corrected chi connectivity index (χ2v) is 5.53. The van der Waals surface area contributed by atoms with Gasteiger partial charge in [-0.25, -0.2) is 9.97 Å². The normalized spacial score (nSPS) is 10.3. The number of nitrogens with one attached hydrogen (secondary N) is 1. The standard InChI is InChI=1S/C18H24N4O/c1-3-4-12-22(2)17-13-16(20-14-21-17)18(23)19-11-10-15-8-6-5-7-9-15/h5-9,13-14H,3-4,10-12H2,1-2H3,(H,19,23). The first-order chi connectivity index (χ1) is 11.2. The molecule has 0 saturated carbocycles. The van der Waals surface area contributed by atoms with E-state index in [-0.39, 0.29) is 5.91 Å². The van der Waals surface area contributed by atoms with Crippen molar-refractivity contribution in [3.63, 3.8) is 0 Å². The molecule has 2 aromatic rings. The molecular formula is C18H24N4O. The molecule has 0 spiro atoms. The van der Waals surface area contributed by atoms with E-state index in [9.17, 15) is 4.79 Å². The zero-order valence-corrected chi connectivity index (χ0v) is 13.8. The Hall–Kier alpha value is -2.43. The lowest BCUT2D eigenvalue weighted by atomic mass is 10.1. The molecule has 1 aromatic carbocycles. The summed E-state index contributed by atoms with van der Waals surface area (Å²) in [6, 6.07) is 11.8. The van der Waals surface area contributed by atoms with E-state index < -0.39 is 0 Å². The van der Waals surface area contributed by atoms with Crippen LogP contribution in [0.4, 0.5) is 5.82 Å². The van der Waals surface area contributed by atoms with Crippen LogP contribution >= 0.6 is 0 Å². The molecule has 1 N–H and O–H groups in total. The van der Waals surface area contributed by atoms with E-state index in [2.05, 4.69) is 34.3 Å². The first-order valence-electron chi connectivity index (χ1n) is 8.06. The van der Waals surface area contributed by atoms with E-state index in [0.717, 1.165) is 31.6 Å². The number of hydrogen-bond acceptors (Lipinski definition) is 4. The third-order valence-corrected chi connectivity index (χ3v) is 3.67. The molecule has 2 rings (SSSR count). The molecule has 0 aliphatic carbocycles. The maximum atomic E-state index is 12.2. The fourth-order valence-corrected chi connectivity index (χ4v) is 2.25. The maximum Gasteiger partial charge on any atom is 0.270 e. The van der Waals surface area contributed by atoms with Gasteiger partial charge in [-0.1, -0.05) is 43.7 Å². The molecule has 5 nitrogen and oxygen atoms in total. The number of nitrogens with zero attached hydrogens (tertiary/aromatic N) is 3. The summed E-state index contributed by atoms with van der Waals surface area (Å²) in [6.07, 6.45) is 4.48. The average Bonchev–Trinajstić information content (AvgIpc) is 2.60. The van der Waals surface area contributed by atoms with Crippen LogP contribution in [0.1, 0.15) is 35.8 Å². The van der Waals surface area contributed by atoms with Crippen molar-refractivity contribution in [2.45, 2.75) is 26.2 Å². The van der Waals surface area contributed by atoms with E-state index in [1.807, 2.05) is 30.1 Å². The van der Waals surface area contributed by atoms with Gasteiger partial charge in [0.15, 0.2) is 0 Å². The largest absolute Gasteiger partial charge is 0.360 e. The number of carbonyl (C=O) groups is 1. The summed E-state index contributed by atoms with van der Waals surface area (Å²) in [5.74, 6) is 0.620. The Balaban J connectivity index is 1.89. The molecule has 122 valence electrons. The van der Waals surface area contributed by atoms with Crippen LogP contribution in [-0.4, -0.2) is 36.0 Å². The molecule has 1 heterocycles. The molecule has 0 radical (unpaired) electrons. The molecule has 0 aliphatic rings. The summed E-state index contributed by atoms with van der Waals surface area (Å²) < 4.78 is 0. The van der Waals surface area contributed by atoms with Gasteiger partial charge >= 0.3 is 0 Å². The van der Waals surface area contributed by atoms with Crippen molar-refractivity contribution in [3.05, 3.63) is 54.0 Å². The lowest BCUT2D eigenvalue weighted by Crippen LogP contribution is -2.27. The minimum atomic E-state index is -0.159. The quantitative estimate of drug-likeness (QED) is 0.814. The highest BCUT2D eigenvalue weighted by atomic mass is 16.1. The van der Waals surface area contributed by atoms with E-state index in [1.165, 1.54) is 11.9 Å². The van der Waals surface area contributed by atoms with Crippen LogP contribution in [0.3, 0.4) is 0 Å². The number of aromatic nitrogens is 2. The molecule has 1 amide bonds. The van der Waals surface area contributed by atoms with Crippen molar-refractivity contribution in [3.8, 4) is 0 Å². The number of benzene rings is 1. The molecular weight excluding hydrogens is 288 g/mol. The first kappa shape index (κ1) is 16.9. The van der Waals surface area contributed by atoms with Gasteiger partial charge in [0, 0.05) is 26.2 Å². The van der Waals surface area contributed by atoms with Crippen LogP contribution in [0.2, 0.25) is 0 Å². The number of rotatable bonds is 8. The number of anilines is 1. The van der Waals surface area contributed by atoms with Gasteiger partial charge in [0.1, 0.15) is 17.8 Å². The van der Waals surface area contributed by atoms with E-state index in [0.29, 0.717) is 12.2 Å². The highest BCUT2D eigenvalue weighted by Crippen LogP contribution is 2.10.